The maximum atomic E-state index is 4.34. The number of H-pyrrole nitrogens is 1. The smallest absolute Gasteiger partial charge is 0.137 e. The Kier molecular flexibility index (Phi) is 3.08. The van der Waals surface area contributed by atoms with Crippen LogP contribution in [0.1, 0.15) is 51.8 Å². The first kappa shape index (κ1) is 10.7. The lowest BCUT2D eigenvalue weighted by Crippen LogP contribution is -2.26. The molecule has 1 aliphatic carbocycles. The van der Waals surface area contributed by atoms with Crippen LogP contribution in [0.4, 0.5) is 0 Å². The first-order valence-electron chi connectivity index (χ1n) is 6.03. The molecule has 0 unspecified atom stereocenters. The molecule has 15 heavy (non-hydrogen) atoms. The highest BCUT2D eigenvalue weighted by atomic mass is 15.2. The molecule has 1 N–H and O–H groups in total. The van der Waals surface area contributed by atoms with Crippen molar-refractivity contribution >= 4 is 0 Å². The first-order valence-corrected chi connectivity index (χ1v) is 6.03. The molecular formula is C12H21N3. The minimum atomic E-state index is 0.594. The Bertz CT molecular complexity index is 292. The summed E-state index contributed by atoms with van der Waals surface area (Å²) in [6.45, 7) is 6.99. The molecule has 0 saturated heterocycles. The van der Waals surface area contributed by atoms with Crippen molar-refractivity contribution in [1.29, 1.82) is 0 Å². The van der Waals surface area contributed by atoms with E-state index in [4.69, 9.17) is 0 Å². The van der Waals surface area contributed by atoms with Crippen molar-refractivity contribution in [2.75, 3.05) is 0 Å². The van der Waals surface area contributed by atoms with Gasteiger partial charge in [0.15, 0.2) is 0 Å². The molecule has 3 nitrogen and oxygen atoms in total. The largest absolute Gasteiger partial charge is 0.263 e. The lowest BCUT2D eigenvalue weighted by atomic mass is 9.70. The van der Waals surface area contributed by atoms with Crippen LogP contribution >= 0.6 is 0 Å². The standard InChI is InChI=1S/C12H21N3/c1-8(2)10-5-4-9(3)6-11(10)12-13-7-14-15-12/h7-11H,4-6H2,1-3H3,(H,13,14,15)/t9-,10+,11+/m1/s1. The SMILES string of the molecule is CC(C)[C@@H]1CC[C@@H](C)C[C@@H]1c1ncn[nH]1. The van der Waals surface area contributed by atoms with Crippen molar-refractivity contribution in [3.05, 3.63) is 12.2 Å². The summed E-state index contributed by atoms with van der Waals surface area (Å²) in [6.07, 6.45) is 5.60. The molecule has 3 atom stereocenters. The second-order valence-electron chi connectivity index (χ2n) is 5.30. The fraction of sp³-hybridized carbons (Fsp3) is 0.833. The van der Waals surface area contributed by atoms with Crippen LogP contribution in [-0.2, 0) is 0 Å². The van der Waals surface area contributed by atoms with Crippen molar-refractivity contribution < 1.29 is 0 Å². The molecule has 0 radical (unpaired) electrons. The molecule has 3 heteroatoms. The maximum absolute atomic E-state index is 4.34. The van der Waals surface area contributed by atoms with E-state index in [-0.39, 0.29) is 0 Å². The van der Waals surface area contributed by atoms with Crippen LogP contribution in [0.15, 0.2) is 6.33 Å². The van der Waals surface area contributed by atoms with Gasteiger partial charge in [-0.05, 0) is 30.6 Å². The normalized spacial score (nSPS) is 32.1. The average Bonchev–Trinajstić information content (AvgIpc) is 2.69. The summed E-state index contributed by atoms with van der Waals surface area (Å²) < 4.78 is 0. The van der Waals surface area contributed by atoms with E-state index >= 15 is 0 Å². The molecule has 1 aromatic heterocycles. The van der Waals surface area contributed by atoms with Crippen LogP contribution in [0, 0.1) is 17.8 Å². The number of rotatable bonds is 2. The Morgan fingerprint density at radius 1 is 1.40 bits per heavy atom. The van der Waals surface area contributed by atoms with E-state index < -0.39 is 0 Å². The van der Waals surface area contributed by atoms with Gasteiger partial charge in [0.05, 0.1) is 0 Å². The van der Waals surface area contributed by atoms with Gasteiger partial charge in [-0.15, -0.1) is 0 Å². The number of nitrogens with zero attached hydrogens (tertiary/aromatic N) is 2. The second-order valence-corrected chi connectivity index (χ2v) is 5.30. The van der Waals surface area contributed by atoms with Crippen LogP contribution in [0.25, 0.3) is 0 Å². The average molecular weight is 207 g/mol. The summed E-state index contributed by atoms with van der Waals surface area (Å²) in [4.78, 5) is 4.34. The quantitative estimate of drug-likeness (QED) is 0.810. The molecular weight excluding hydrogens is 186 g/mol. The lowest BCUT2D eigenvalue weighted by molar-refractivity contribution is 0.191. The van der Waals surface area contributed by atoms with Crippen molar-refractivity contribution in [3.63, 3.8) is 0 Å². The molecule has 84 valence electrons. The minimum absolute atomic E-state index is 0.594. The van der Waals surface area contributed by atoms with Gasteiger partial charge in [-0.3, -0.25) is 5.10 Å². The molecule has 0 aliphatic heterocycles. The van der Waals surface area contributed by atoms with E-state index in [0.29, 0.717) is 5.92 Å². The fourth-order valence-corrected chi connectivity index (χ4v) is 2.91. The van der Waals surface area contributed by atoms with Crippen molar-refractivity contribution in [1.82, 2.24) is 15.2 Å². The highest BCUT2D eigenvalue weighted by Crippen LogP contribution is 2.42. The van der Waals surface area contributed by atoms with Crippen LogP contribution in [-0.4, -0.2) is 15.2 Å². The summed E-state index contributed by atoms with van der Waals surface area (Å²) in [6, 6.07) is 0. The van der Waals surface area contributed by atoms with Gasteiger partial charge in [0, 0.05) is 5.92 Å². The molecule has 0 aromatic carbocycles. The van der Waals surface area contributed by atoms with E-state index in [2.05, 4.69) is 36.0 Å². The van der Waals surface area contributed by atoms with E-state index in [1.54, 1.807) is 6.33 Å². The highest BCUT2D eigenvalue weighted by molar-refractivity contribution is 5.00. The zero-order valence-corrected chi connectivity index (χ0v) is 9.90. The summed E-state index contributed by atoms with van der Waals surface area (Å²) >= 11 is 0. The van der Waals surface area contributed by atoms with Gasteiger partial charge < -0.3 is 0 Å². The molecule has 0 amide bonds. The molecule has 2 rings (SSSR count). The van der Waals surface area contributed by atoms with Gasteiger partial charge in [0.25, 0.3) is 0 Å². The van der Waals surface area contributed by atoms with Gasteiger partial charge in [-0.25, -0.2) is 4.98 Å². The van der Waals surface area contributed by atoms with Crippen molar-refractivity contribution in [3.8, 4) is 0 Å². The zero-order chi connectivity index (χ0) is 10.8. The van der Waals surface area contributed by atoms with Crippen LogP contribution in [0.2, 0.25) is 0 Å². The van der Waals surface area contributed by atoms with Crippen LogP contribution < -0.4 is 0 Å². The van der Waals surface area contributed by atoms with Crippen molar-refractivity contribution in [2.24, 2.45) is 17.8 Å². The Hall–Kier alpha value is -0.860. The molecule has 1 aromatic rings. The molecule has 1 heterocycles. The first-order chi connectivity index (χ1) is 7.18. The predicted octanol–water partition coefficient (Wildman–Crippen LogP) is 2.98. The number of aromatic amines is 1. The minimum Gasteiger partial charge on any atom is -0.263 e. The van der Waals surface area contributed by atoms with E-state index in [1.165, 1.54) is 19.3 Å². The molecule has 1 aliphatic rings. The second kappa shape index (κ2) is 4.33. The Morgan fingerprint density at radius 3 is 2.80 bits per heavy atom. The van der Waals surface area contributed by atoms with Gasteiger partial charge >= 0.3 is 0 Å². The Morgan fingerprint density at radius 2 is 2.20 bits per heavy atom. The lowest BCUT2D eigenvalue weighted by Gasteiger charge is -2.36. The summed E-state index contributed by atoms with van der Waals surface area (Å²) in [5.41, 5.74) is 0. The molecule has 0 spiro atoms. The van der Waals surface area contributed by atoms with E-state index in [0.717, 1.165) is 23.6 Å². The number of nitrogens with one attached hydrogen (secondary N) is 1. The molecule has 1 saturated carbocycles. The summed E-state index contributed by atoms with van der Waals surface area (Å²) in [7, 11) is 0. The number of hydrogen-bond donors (Lipinski definition) is 1. The van der Waals surface area contributed by atoms with Gasteiger partial charge in [0.1, 0.15) is 12.2 Å². The van der Waals surface area contributed by atoms with Crippen LogP contribution in [0.5, 0.6) is 0 Å². The molecule has 0 bridgehead atoms. The van der Waals surface area contributed by atoms with Gasteiger partial charge in [0.2, 0.25) is 0 Å². The summed E-state index contributed by atoms with van der Waals surface area (Å²) in [5.74, 6) is 4.04. The number of aromatic nitrogens is 3. The fourth-order valence-electron chi connectivity index (χ4n) is 2.91. The predicted molar refractivity (Wildman–Crippen MR) is 60.5 cm³/mol. The van der Waals surface area contributed by atoms with Crippen LogP contribution in [0.3, 0.4) is 0 Å². The maximum Gasteiger partial charge on any atom is 0.137 e. The van der Waals surface area contributed by atoms with Gasteiger partial charge in [-0.1, -0.05) is 27.2 Å². The summed E-state index contributed by atoms with van der Waals surface area (Å²) in [5, 5.41) is 7.03. The zero-order valence-electron chi connectivity index (χ0n) is 9.90. The van der Waals surface area contributed by atoms with E-state index in [9.17, 15) is 0 Å². The number of hydrogen-bond acceptors (Lipinski definition) is 2. The highest BCUT2D eigenvalue weighted by Gasteiger charge is 2.33. The Balaban J connectivity index is 2.17. The molecule has 1 fully saturated rings. The van der Waals surface area contributed by atoms with Crippen molar-refractivity contribution in [2.45, 2.75) is 46.0 Å². The van der Waals surface area contributed by atoms with Gasteiger partial charge in [-0.2, -0.15) is 5.10 Å². The topological polar surface area (TPSA) is 41.6 Å². The third-order valence-electron chi connectivity index (χ3n) is 3.81. The Labute approximate surface area is 91.7 Å². The monoisotopic (exact) mass is 207 g/mol. The van der Waals surface area contributed by atoms with E-state index in [1.807, 2.05) is 0 Å². The third-order valence-corrected chi connectivity index (χ3v) is 3.81. The third kappa shape index (κ3) is 2.21.